The summed E-state index contributed by atoms with van der Waals surface area (Å²) in [6, 6.07) is 5.57. The Balaban J connectivity index is 1.41. The van der Waals surface area contributed by atoms with Crippen molar-refractivity contribution in [3.05, 3.63) is 52.3 Å². The Labute approximate surface area is 249 Å². The van der Waals surface area contributed by atoms with Crippen LogP contribution < -0.4 is 10.8 Å². The summed E-state index contributed by atoms with van der Waals surface area (Å²) in [6.07, 6.45) is 1.42. The Kier molecular flexibility index (Phi) is 13.7. The zero-order chi connectivity index (χ0) is 30.3. The maximum atomic E-state index is 15.4. The van der Waals surface area contributed by atoms with E-state index in [0.717, 1.165) is 0 Å². The molecule has 3 aromatic rings. The van der Waals surface area contributed by atoms with Crippen molar-refractivity contribution in [2.45, 2.75) is 6.42 Å². The third-order valence-corrected chi connectivity index (χ3v) is 6.09. The van der Waals surface area contributed by atoms with Crippen LogP contribution in [0.2, 0.25) is 0 Å². The molecule has 0 radical (unpaired) electrons. The highest BCUT2D eigenvalue weighted by Gasteiger charge is 2.22. The standard InChI is InChI=1S/C27H32BrF2N5O7/c1-31-6-8-39-10-12-40-11-9-38-7-5-23(36)41-13-14-42-34-27(37)19-16-22-26(32-17-35(22)2)24(30)25(19)33-21-4-3-18(28)15-20(21)29/h3-4,15-17,33H,1,5-14H2,2H3,(H,34,37). The molecule has 3 rings (SSSR count). The summed E-state index contributed by atoms with van der Waals surface area (Å²) in [5, 5.41) is 2.65. The lowest BCUT2D eigenvalue weighted by Crippen LogP contribution is -2.27. The number of esters is 1. The van der Waals surface area contributed by atoms with Gasteiger partial charge in [0.15, 0.2) is 5.82 Å². The molecule has 0 aliphatic heterocycles. The molecule has 15 heteroatoms. The predicted molar refractivity (Wildman–Crippen MR) is 154 cm³/mol. The van der Waals surface area contributed by atoms with Gasteiger partial charge in [-0.15, -0.1) is 0 Å². The van der Waals surface area contributed by atoms with Crippen LogP contribution in [0.5, 0.6) is 0 Å². The lowest BCUT2D eigenvalue weighted by molar-refractivity contribution is -0.147. The second kappa shape index (κ2) is 17.5. The second-order valence-corrected chi connectivity index (χ2v) is 9.54. The number of hydrogen-bond donors (Lipinski definition) is 2. The van der Waals surface area contributed by atoms with Crippen molar-refractivity contribution < 1.29 is 42.2 Å². The Bertz CT molecular complexity index is 1360. The minimum Gasteiger partial charge on any atom is -0.463 e. The molecule has 1 amide bonds. The third-order valence-electron chi connectivity index (χ3n) is 5.60. The molecule has 0 fully saturated rings. The van der Waals surface area contributed by atoms with Gasteiger partial charge in [0.1, 0.15) is 24.5 Å². The highest BCUT2D eigenvalue weighted by atomic mass is 79.9. The van der Waals surface area contributed by atoms with Gasteiger partial charge in [0.05, 0.1) is 81.4 Å². The van der Waals surface area contributed by atoms with E-state index in [9.17, 15) is 14.0 Å². The maximum Gasteiger partial charge on any atom is 0.308 e. The summed E-state index contributed by atoms with van der Waals surface area (Å²) in [6.45, 7) is 5.79. The van der Waals surface area contributed by atoms with Crippen LogP contribution in [0.25, 0.3) is 11.0 Å². The molecule has 0 atom stereocenters. The van der Waals surface area contributed by atoms with Gasteiger partial charge in [-0.3, -0.25) is 19.4 Å². The lowest BCUT2D eigenvalue weighted by atomic mass is 10.1. The smallest absolute Gasteiger partial charge is 0.308 e. The first kappa shape index (κ1) is 33.0. The van der Waals surface area contributed by atoms with Crippen LogP contribution in [0.3, 0.4) is 0 Å². The molecular weight excluding hydrogens is 624 g/mol. The number of ether oxygens (including phenoxy) is 4. The van der Waals surface area contributed by atoms with Gasteiger partial charge >= 0.3 is 5.97 Å². The quantitative estimate of drug-likeness (QED) is 0.0858. The zero-order valence-electron chi connectivity index (χ0n) is 23.0. The summed E-state index contributed by atoms with van der Waals surface area (Å²) in [7, 11) is 1.64. The van der Waals surface area contributed by atoms with E-state index in [0.29, 0.717) is 49.6 Å². The molecule has 0 aliphatic carbocycles. The van der Waals surface area contributed by atoms with Crippen molar-refractivity contribution >= 4 is 56.9 Å². The van der Waals surface area contributed by atoms with E-state index in [1.54, 1.807) is 13.1 Å². The van der Waals surface area contributed by atoms with Crippen LogP contribution in [0.15, 0.2) is 40.1 Å². The van der Waals surface area contributed by atoms with Gasteiger partial charge in [0, 0.05) is 11.5 Å². The van der Waals surface area contributed by atoms with E-state index < -0.39 is 23.5 Å². The van der Waals surface area contributed by atoms with Gasteiger partial charge < -0.3 is 28.8 Å². The van der Waals surface area contributed by atoms with E-state index in [2.05, 4.69) is 43.4 Å². The first-order valence-corrected chi connectivity index (χ1v) is 13.7. The van der Waals surface area contributed by atoms with Crippen molar-refractivity contribution in [3.63, 3.8) is 0 Å². The first-order chi connectivity index (χ1) is 20.3. The largest absolute Gasteiger partial charge is 0.463 e. The molecule has 42 heavy (non-hydrogen) atoms. The van der Waals surface area contributed by atoms with Gasteiger partial charge in [0.25, 0.3) is 5.91 Å². The average molecular weight is 656 g/mol. The molecule has 1 aromatic heterocycles. The predicted octanol–water partition coefficient (Wildman–Crippen LogP) is 3.70. The number of amides is 1. The number of carbonyl (C=O) groups excluding carboxylic acids is 2. The Morgan fingerprint density at radius 1 is 1.02 bits per heavy atom. The number of aliphatic imine (C=N–C) groups is 1. The van der Waals surface area contributed by atoms with E-state index in [1.807, 2.05) is 0 Å². The zero-order valence-corrected chi connectivity index (χ0v) is 24.6. The molecule has 228 valence electrons. The molecule has 12 nitrogen and oxygen atoms in total. The van der Waals surface area contributed by atoms with E-state index in [1.165, 1.54) is 29.1 Å². The maximum absolute atomic E-state index is 15.4. The number of aryl methyl sites for hydroxylation is 1. The fraction of sp³-hybridized carbons (Fsp3) is 0.407. The number of anilines is 2. The van der Waals surface area contributed by atoms with Crippen LogP contribution in [-0.4, -0.2) is 87.5 Å². The average Bonchev–Trinajstić information content (AvgIpc) is 3.34. The topological polar surface area (TPSA) is 135 Å². The molecule has 0 bridgehead atoms. The number of carbonyl (C=O) groups is 2. The molecule has 2 N–H and O–H groups in total. The van der Waals surface area contributed by atoms with Gasteiger partial charge in [-0.2, -0.15) is 0 Å². The SMILES string of the molecule is C=NCCOCCOCCOCCC(=O)OCCONC(=O)c1cc2c(ncn2C)c(F)c1Nc1ccc(Br)cc1F. The van der Waals surface area contributed by atoms with Gasteiger partial charge in [-0.05, 0) is 31.0 Å². The second-order valence-electron chi connectivity index (χ2n) is 8.62. The van der Waals surface area contributed by atoms with Crippen LogP contribution >= 0.6 is 15.9 Å². The number of halogens is 3. The van der Waals surface area contributed by atoms with Crippen LogP contribution in [0.4, 0.5) is 20.2 Å². The molecule has 2 aromatic carbocycles. The molecule has 0 aliphatic rings. The number of benzene rings is 2. The number of hydrogen-bond acceptors (Lipinski definition) is 10. The Morgan fingerprint density at radius 2 is 1.74 bits per heavy atom. The van der Waals surface area contributed by atoms with E-state index in [-0.39, 0.29) is 48.7 Å². The summed E-state index contributed by atoms with van der Waals surface area (Å²) in [5.74, 6) is -2.82. The van der Waals surface area contributed by atoms with Gasteiger partial charge in [-0.1, -0.05) is 15.9 Å². The summed E-state index contributed by atoms with van der Waals surface area (Å²) in [4.78, 5) is 37.6. The minimum atomic E-state index is -0.839. The minimum absolute atomic E-state index is 0.000809. The number of imidazole rings is 1. The summed E-state index contributed by atoms with van der Waals surface area (Å²) in [5.41, 5.74) is 2.05. The van der Waals surface area contributed by atoms with Crippen LogP contribution in [0, 0.1) is 11.6 Å². The fourth-order valence-corrected chi connectivity index (χ4v) is 3.85. The van der Waals surface area contributed by atoms with E-state index >= 15 is 4.39 Å². The fourth-order valence-electron chi connectivity index (χ4n) is 3.52. The highest BCUT2D eigenvalue weighted by Crippen LogP contribution is 2.32. The number of nitrogens with zero attached hydrogens (tertiary/aromatic N) is 3. The Morgan fingerprint density at radius 3 is 2.45 bits per heavy atom. The molecular formula is C27H32BrF2N5O7. The Hall–Kier alpha value is -3.50. The number of aromatic nitrogens is 2. The molecule has 0 saturated carbocycles. The van der Waals surface area contributed by atoms with Crippen molar-refractivity contribution in [1.82, 2.24) is 15.0 Å². The summed E-state index contributed by atoms with van der Waals surface area (Å²) < 4.78 is 52.8. The third kappa shape index (κ3) is 10.1. The summed E-state index contributed by atoms with van der Waals surface area (Å²) >= 11 is 3.17. The normalized spacial score (nSPS) is 11.0. The first-order valence-electron chi connectivity index (χ1n) is 12.9. The highest BCUT2D eigenvalue weighted by molar-refractivity contribution is 9.10. The molecule has 0 unspecified atom stereocenters. The molecule has 1 heterocycles. The van der Waals surface area contributed by atoms with E-state index in [4.69, 9.17) is 23.8 Å². The number of fused-ring (bicyclic) bond motifs is 1. The lowest BCUT2D eigenvalue weighted by Gasteiger charge is -2.15. The molecule has 0 spiro atoms. The van der Waals surface area contributed by atoms with Crippen LogP contribution in [0.1, 0.15) is 16.8 Å². The van der Waals surface area contributed by atoms with Gasteiger partial charge in [-0.25, -0.2) is 19.2 Å². The van der Waals surface area contributed by atoms with Crippen molar-refractivity contribution in [1.29, 1.82) is 0 Å². The van der Waals surface area contributed by atoms with Crippen molar-refractivity contribution in [2.75, 3.05) is 64.7 Å². The van der Waals surface area contributed by atoms with Crippen molar-refractivity contribution in [2.24, 2.45) is 12.0 Å². The van der Waals surface area contributed by atoms with Crippen molar-refractivity contribution in [3.8, 4) is 0 Å². The number of rotatable bonds is 19. The molecule has 0 saturated heterocycles. The van der Waals surface area contributed by atoms with Gasteiger partial charge in [0.2, 0.25) is 0 Å². The monoisotopic (exact) mass is 655 g/mol. The van der Waals surface area contributed by atoms with Crippen LogP contribution in [-0.2, 0) is 35.6 Å². The number of hydroxylamine groups is 1. The number of nitrogens with one attached hydrogen (secondary N) is 2.